The number of hydrogen-bond donors (Lipinski definition) is 1. The Balaban J connectivity index is 2.97. The first-order valence-electron chi connectivity index (χ1n) is 6.20. The Bertz CT molecular complexity index is 358. The van der Waals surface area contributed by atoms with Crippen LogP contribution in [0.3, 0.4) is 0 Å². The first-order chi connectivity index (χ1) is 8.74. The van der Waals surface area contributed by atoms with Gasteiger partial charge in [0.2, 0.25) is 0 Å². The smallest absolute Gasteiger partial charge is 0.129 e. The highest BCUT2D eigenvalue weighted by Crippen LogP contribution is 2.16. The van der Waals surface area contributed by atoms with Gasteiger partial charge in [-0.2, -0.15) is 0 Å². The maximum atomic E-state index is 9.28. The molecule has 1 aromatic heterocycles. The van der Waals surface area contributed by atoms with Crippen LogP contribution in [-0.2, 0) is 17.8 Å². The van der Waals surface area contributed by atoms with Crippen LogP contribution in [0.25, 0.3) is 0 Å². The summed E-state index contributed by atoms with van der Waals surface area (Å²) in [4.78, 5) is 6.68. The lowest BCUT2D eigenvalue weighted by Crippen LogP contribution is -2.28. The third-order valence-electron chi connectivity index (χ3n) is 2.71. The van der Waals surface area contributed by atoms with Gasteiger partial charge >= 0.3 is 0 Å². The summed E-state index contributed by atoms with van der Waals surface area (Å²) in [6.45, 7) is 7.97. The van der Waals surface area contributed by atoms with E-state index in [0.29, 0.717) is 13.2 Å². The molecule has 0 aliphatic carbocycles. The maximum Gasteiger partial charge on any atom is 0.129 e. The van der Waals surface area contributed by atoms with Crippen molar-refractivity contribution in [1.29, 1.82) is 0 Å². The normalized spacial score (nSPS) is 10.4. The van der Waals surface area contributed by atoms with E-state index in [1.54, 1.807) is 7.11 Å². The molecule has 1 heterocycles. The number of ether oxygens (including phenoxy) is 1. The minimum absolute atomic E-state index is 0.0364. The topological polar surface area (TPSA) is 45.6 Å². The first kappa shape index (κ1) is 14.7. The summed E-state index contributed by atoms with van der Waals surface area (Å²) in [5, 5.41) is 9.28. The molecular weight excluding hydrogens is 228 g/mol. The van der Waals surface area contributed by atoms with Crippen molar-refractivity contribution in [2.45, 2.75) is 20.0 Å². The van der Waals surface area contributed by atoms with Gasteiger partial charge in [-0.25, -0.2) is 4.98 Å². The number of aryl methyl sites for hydroxylation is 1. The average molecular weight is 250 g/mol. The Morgan fingerprint density at radius 2 is 2.28 bits per heavy atom. The second-order valence-corrected chi connectivity index (χ2v) is 4.06. The van der Waals surface area contributed by atoms with Crippen LogP contribution in [0.5, 0.6) is 0 Å². The molecule has 0 aromatic carbocycles. The minimum atomic E-state index is 0.0364. The van der Waals surface area contributed by atoms with Crippen molar-refractivity contribution in [1.82, 2.24) is 4.98 Å². The van der Waals surface area contributed by atoms with Crippen molar-refractivity contribution >= 4 is 5.82 Å². The lowest BCUT2D eigenvalue weighted by molar-refractivity contribution is 0.205. The molecule has 0 atom stereocenters. The molecule has 0 aliphatic heterocycles. The molecule has 0 spiro atoms. The largest absolute Gasteiger partial charge is 0.392 e. The fraction of sp³-hybridized carbons (Fsp3) is 0.500. The number of nitrogens with zero attached hydrogens (tertiary/aromatic N) is 2. The van der Waals surface area contributed by atoms with Crippen molar-refractivity contribution < 1.29 is 9.84 Å². The molecule has 0 saturated carbocycles. The first-order valence-corrected chi connectivity index (χ1v) is 6.20. The standard InChI is InChI=1S/C14H22N2O2/c1-4-6-16(7-8-18-3)14-10-12(11-17)9-13(5-2)15-14/h4,9-10,17H,1,5-8,11H2,2-3H3. The zero-order valence-electron chi connectivity index (χ0n) is 11.2. The quantitative estimate of drug-likeness (QED) is 0.714. The molecule has 0 saturated heterocycles. The van der Waals surface area contributed by atoms with Crippen molar-refractivity contribution in [3.8, 4) is 0 Å². The second kappa shape index (κ2) is 7.84. The lowest BCUT2D eigenvalue weighted by atomic mass is 10.2. The number of pyridine rings is 1. The van der Waals surface area contributed by atoms with Gasteiger partial charge in [0.1, 0.15) is 5.82 Å². The third-order valence-corrected chi connectivity index (χ3v) is 2.71. The summed E-state index contributed by atoms with van der Waals surface area (Å²) < 4.78 is 5.10. The highest BCUT2D eigenvalue weighted by molar-refractivity contribution is 5.43. The Labute approximate surface area is 109 Å². The summed E-state index contributed by atoms with van der Waals surface area (Å²) in [7, 11) is 1.68. The molecule has 18 heavy (non-hydrogen) atoms. The van der Waals surface area contributed by atoms with Crippen LogP contribution in [-0.4, -0.2) is 36.9 Å². The maximum absolute atomic E-state index is 9.28. The monoisotopic (exact) mass is 250 g/mol. The molecule has 1 N–H and O–H groups in total. The number of methoxy groups -OCH3 is 1. The average Bonchev–Trinajstić information content (AvgIpc) is 2.42. The fourth-order valence-corrected chi connectivity index (χ4v) is 1.72. The van der Waals surface area contributed by atoms with E-state index in [-0.39, 0.29) is 6.61 Å². The van der Waals surface area contributed by atoms with Gasteiger partial charge in [0, 0.05) is 25.9 Å². The van der Waals surface area contributed by atoms with E-state index in [0.717, 1.165) is 30.0 Å². The molecule has 0 fully saturated rings. The van der Waals surface area contributed by atoms with E-state index in [1.807, 2.05) is 18.2 Å². The predicted octanol–water partition coefficient (Wildman–Crippen LogP) is 1.78. The number of aliphatic hydroxyl groups is 1. The van der Waals surface area contributed by atoms with Crippen LogP contribution in [0, 0.1) is 0 Å². The molecule has 1 rings (SSSR count). The Hall–Kier alpha value is -1.39. The lowest BCUT2D eigenvalue weighted by Gasteiger charge is -2.23. The summed E-state index contributed by atoms with van der Waals surface area (Å²) >= 11 is 0. The molecule has 4 nitrogen and oxygen atoms in total. The second-order valence-electron chi connectivity index (χ2n) is 4.06. The van der Waals surface area contributed by atoms with Gasteiger partial charge in [-0.15, -0.1) is 6.58 Å². The molecule has 1 aromatic rings. The third kappa shape index (κ3) is 4.13. The van der Waals surface area contributed by atoms with Gasteiger partial charge in [0.05, 0.1) is 13.2 Å². The van der Waals surface area contributed by atoms with Crippen molar-refractivity contribution in [2.75, 3.05) is 31.7 Å². The van der Waals surface area contributed by atoms with E-state index >= 15 is 0 Å². The molecule has 0 amide bonds. The van der Waals surface area contributed by atoms with Crippen molar-refractivity contribution in [2.24, 2.45) is 0 Å². The summed E-state index contributed by atoms with van der Waals surface area (Å²) in [6.07, 6.45) is 2.70. The Kier molecular flexibility index (Phi) is 6.39. The number of anilines is 1. The molecule has 100 valence electrons. The van der Waals surface area contributed by atoms with Crippen LogP contribution >= 0.6 is 0 Å². The van der Waals surface area contributed by atoms with Crippen LogP contribution < -0.4 is 4.90 Å². The molecule has 0 unspecified atom stereocenters. The van der Waals surface area contributed by atoms with Crippen molar-refractivity contribution in [3.05, 3.63) is 36.0 Å². The van der Waals surface area contributed by atoms with Gasteiger partial charge in [-0.3, -0.25) is 0 Å². The van der Waals surface area contributed by atoms with E-state index in [4.69, 9.17) is 4.74 Å². The Morgan fingerprint density at radius 1 is 1.50 bits per heavy atom. The van der Waals surface area contributed by atoms with Gasteiger partial charge < -0.3 is 14.7 Å². The van der Waals surface area contributed by atoms with Crippen LogP contribution in [0.1, 0.15) is 18.2 Å². The highest BCUT2D eigenvalue weighted by atomic mass is 16.5. The molecule has 0 aliphatic rings. The number of rotatable bonds is 8. The van der Waals surface area contributed by atoms with E-state index in [1.165, 1.54) is 0 Å². The summed E-state index contributed by atoms with van der Waals surface area (Å²) in [6, 6.07) is 3.85. The van der Waals surface area contributed by atoms with Gasteiger partial charge in [0.15, 0.2) is 0 Å². The fourth-order valence-electron chi connectivity index (χ4n) is 1.72. The van der Waals surface area contributed by atoms with Gasteiger partial charge in [0.25, 0.3) is 0 Å². The zero-order valence-corrected chi connectivity index (χ0v) is 11.2. The predicted molar refractivity (Wildman–Crippen MR) is 73.8 cm³/mol. The van der Waals surface area contributed by atoms with E-state index in [2.05, 4.69) is 23.4 Å². The Morgan fingerprint density at radius 3 is 2.83 bits per heavy atom. The van der Waals surface area contributed by atoms with Gasteiger partial charge in [-0.05, 0) is 24.1 Å². The summed E-state index contributed by atoms with van der Waals surface area (Å²) in [5.74, 6) is 0.871. The zero-order chi connectivity index (χ0) is 13.4. The van der Waals surface area contributed by atoms with Crippen LogP contribution in [0.15, 0.2) is 24.8 Å². The number of hydrogen-bond acceptors (Lipinski definition) is 4. The van der Waals surface area contributed by atoms with Crippen LogP contribution in [0.4, 0.5) is 5.82 Å². The SMILES string of the molecule is C=CCN(CCOC)c1cc(CO)cc(CC)n1. The van der Waals surface area contributed by atoms with Gasteiger partial charge in [-0.1, -0.05) is 13.0 Å². The van der Waals surface area contributed by atoms with Crippen molar-refractivity contribution in [3.63, 3.8) is 0 Å². The molecule has 4 heteroatoms. The molecule has 0 radical (unpaired) electrons. The van der Waals surface area contributed by atoms with Crippen LogP contribution in [0.2, 0.25) is 0 Å². The summed E-state index contributed by atoms with van der Waals surface area (Å²) in [5.41, 5.74) is 1.88. The molecular formula is C14H22N2O2. The minimum Gasteiger partial charge on any atom is -0.392 e. The molecule has 0 bridgehead atoms. The number of aromatic nitrogens is 1. The number of aliphatic hydroxyl groups excluding tert-OH is 1. The van der Waals surface area contributed by atoms with E-state index < -0.39 is 0 Å². The highest BCUT2D eigenvalue weighted by Gasteiger charge is 2.08. The van der Waals surface area contributed by atoms with E-state index in [9.17, 15) is 5.11 Å².